The summed E-state index contributed by atoms with van der Waals surface area (Å²) in [6.07, 6.45) is 4.71. The summed E-state index contributed by atoms with van der Waals surface area (Å²) < 4.78 is 16.4. The lowest BCUT2D eigenvalue weighted by atomic mass is 9.91. The smallest absolute Gasteiger partial charge is 0.322 e. The second kappa shape index (κ2) is 10.7. The van der Waals surface area contributed by atoms with E-state index in [1.54, 1.807) is 38.4 Å². The first-order valence-corrected chi connectivity index (χ1v) is 11.8. The van der Waals surface area contributed by atoms with Crippen LogP contribution in [0.25, 0.3) is 0 Å². The predicted octanol–water partition coefficient (Wildman–Crippen LogP) is 4.15. The van der Waals surface area contributed by atoms with Crippen molar-refractivity contribution in [2.45, 2.75) is 38.1 Å². The van der Waals surface area contributed by atoms with Crippen molar-refractivity contribution in [3.8, 4) is 17.2 Å². The van der Waals surface area contributed by atoms with E-state index in [1.807, 2.05) is 24.3 Å². The van der Waals surface area contributed by atoms with Crippen LogP contribution in [0.2, 0.25) is 0 Å². The summed E-state index contributed by atoms with van der Waals surface area (Å²) in [5, 5.41) is 6.09. The van der Waals surface area contributed by atoms with Crippen LogP contribution in [0.4, 0.5) is 10.5 Å². The van der Waals surface area contributed by atoms with Gasteiger partial charge in [0.15, 0.2) is 11.5 Å². The molecule has 1 aliphatic heterocycles. The second-order valence-electron chi connectivity index (χ2n) is 8.72. The zero-order valence-corrected chi connectivity index (χ0v) is 20.1. The van der Waals surface area contributed by atoms with Crippen molar-refractivity contribution in [2.75, 3.05) is 39.7 Å². The van der Waals surface area contributed by atoms with Gasteiger partial charge in [0.2, 0.25) is 5.91 Å². The SMILES string of the molecule is COc1ccccc1NC(=O)N1CCc2cc(OC)c(OC)cc2[C@H]1CNC(=O)C1CCCC1. The third kappa shape index (κ3) is 4.90. The van der Waals surface area contributed by atoms with E-state index in [-0.39, 0.29) is 23.9 Å². The van der Waals surface area contributed by atoms with Crippen LogP contribution in [0.15, 0.2) is 36.4 Å². The Morgan fingerprint density at radius 2 is 1.65 bits per heavy atom. The number of fused-ring (bicyclic) bond motifs is 1. The van der Waals surface area contributed by atoms with Crippen LogP contribution in [0, 0.1) is 5.92 Å². The third-order valence-electron chi connectivity index (χ3n) is 6.81. The van der Waals surface area contributed by atoms with Crippen LogP contribution in [-0.2, 0) is 11.2 Å². The van der Waals surface area contributed by atoms with Gasteiger partial charge in [-0.2, -0.15) is 0 Å². The van der Waals surface area contributed by atoms with E-state index in [0.29, 0.717) is 42.4 Å². The van der Waals surface area contributed by atoms with E-state index >= 15 is 0 Å². The Labute approximate surface area is 200 Å². The average Bonchev–Trinajstić information content (AvgIpc) is 3.41. The molecule has 1 heterocycles. The van der Waals surface area contributed by atoms with Gasteiger partial charge in [-0.05, 0) is 54.7 Å². The van der Waals surface area contributed by atoms with Crippen LogP contribution >= 0.6 is 0 Å². The highest BCUT2D eigenvalue weighted by molar-refractivity contribution is 5.91. The molecule has 1 saturated carbocycles. The molecule has 4 rings (SSSR count). The van der Waals surface area contributed by atoms with E-state index in [4.69, 9.17) is 14.2 Å². The molecular weight excluding hydrogens is 434 g/mol. The number of carbonyl (C=O) groups excluding carboxylic acids is 2. The highest BCUT2D eigenvalue weighted by Crippen LogP contribution is 2.38. The summed E-state index contributed by atoms with van der Waals surface area (Å²) in [6, 6.07) is 10.6. The molecule has 2 aromatic rings. The summed E-state index contributed by atoms with van der Waals surface area (Å²) in [6.45, 7) is 0.838. The van der Waals surface area contributed by atoms with Crippen molar-refractivity contribution in [2.24, 2.45) is 5.92 Å². The third-order valence-corrected chi connectivity index (χ3v) is 6.81. The van der Waals surface area contributed by atoms with Gasteiger partial charge < -0.3 is 29.7 Å². The highest BCUT2D eigenvalue weighted by atomic mass is 16.5. The number of para-hydroxylation sites is 2. The molecule has 0 radical (unpaired) electrons. The molecule has 2 N–H and O–H groups in total. The summed E-state index contributed by atoms with van der Waals surface area (Å²) in [5.41, 5.74) is 2.63. The second-order valence-corrected chi connectivity index (χ2v) is 8.72. The standard InChI is InChI=1S/C26H33N3O5/c1-32-22-11-7-6-10-20(22)28-26(31)29-13-12-18-14-23(33-2)24(34-3)15-19(18)21(29)16-27-25(30)17-8-4-5-9-17/h6-7,10-11,14-15,17,21H,4-5,8-9,12-13,16H2,1-3H3,(H,27,30)(H,28,31)/t21-/m1/s1. The number of methoxy groups -OCH3 is 3. The molecule has 0 bridgehead atoms. The number of amides is 3. The van der Waals surface area contributed by atoms with E-state index in [2.05, 4.69) is 10.6 Å². The fourth-order valence-electron chi connectivity index (χ4n) is 4.96. The van der Waals surface area contributed by atoms with Crippen molar-refractivity contribution < 1.29 is 23.8 Å². The molecule has 1 aliphatic carbocycles. The minimum atomic E-state index is -0.344. The molecule has 1 fully saturated rings. The van der Waals surface area contributed by atoms with Crippen molar-refractivity contribution in [1.29, 1.82) is 0 Å². The zero-order valence-electron chi connectivity index (χ0n) is 20.1. The van der Waals surface area contributed by atoms with E-state index < -0.39 is 0 Å². The maximum absolute atomic E-state index is 13.4. The first-order valence-electron chi connectivity index (χ1n) is 11.8. The molecule has 2 aromatic carbocycles. The number of urea groups is 1. The van der Waals surface area contributed by atoms with Gasteiger partial charge >= 0.3 is 6.03 Å². The highest BCUT2D eigenvalue weighted by Gasteiger charge is 2.33. The van der Waals surface area contributed by atoms with Gasteiger partial charge in [0.1, 0.15) is 5.75 Å². The van der Waals surface area contributed by atoms with Crippen LogP contribution in [0.3, 0.4) is 0 Å². The van der Waals surface area contributed by atoms with Crippen molar-refractivity contribution >= 4 is 17.6 Å². The maximum atomic E-state index is 13.4. The monoisotopic (exact) mass is 467 g/mol. The molecular formula is C26H33N3O5. The largest absolute Gasteiger partial charge is 0.495 e. The molecule has 34 heavy (non-hydrogen) atoms. The molecule has 1 atom stereocenters. The lowest BCUT2D eigenvalue weighted by molar-refractivity contribution is -0.125. The van der Waals surface area contributed by atoms with Crippen LogP contribution in [0.5, 0.6) is 17.2 Å². The molecule has 8 nitrogen and oxygen atoms in total. The molecule has 8 heteroatoms. The van der Waals surface area contributed by atoms with Gasteiger partial charge in [0.25, 0.3) is 0 Å². The van der Waals surface area contributed by atoms with Crippen molar-refractivity contribution in [1.82, 2.24) is 10.2 Å². The molecule has 182 valence electrons. The van der Waals surface area contributed by atoms with Crippen LogP contribution in [-0.4, -0.2) is 51.3 Å². The summed E-state index contributed by atoms with van der Waals surface area (Å²) >= 11 is 0. The number of rotatable bonds is 7. The van der Waals surface area contributed by atoms with Gasteiger partial charge in [-0.1, -0.05) is 25.0 Å². The maximum Gasteiger partial charge on any atom is 0.322 e. The number of nitrogens with zero attached hydrogens (tertiary/aromatic N) is 1. The molecule has 0 unspecified atom stereocenters. The molecule has 0 spiro atoms. The summed E-state index contributed by atoms with van der Waals surface area (Å²) in [7, 11) is 4.78. The lowest BCUT2D eigenvalue weighted by Crippen LogP contribution is -2.47. The van der Waals surface area contributed by atoms with Gasteiger partial charge in [-0.3, -0.25) is 4.79 Å². The number of nitrogens with one attached hydrogen (secondary N) is 2. The number of ether oxygens (including phenoxy) is 3. The van der Waals surface area contributed by atoms with Crippen LogP contribution in [0.1, 0.15) is 42.9 Å². The topological polar surface area (TPSA) is 89.1 Å². The van der Waals surface area contributed by atoms with Crippen molar-refractivity contribution in [3.63, 3.8) is 0 Å². The number of hydrogen-bond donors (Lipinski definition) is 2. The molecule has 2 aliphatic rings. The fourth-order valence-corrected chi connectivity index (χ4v) is 4.96. The van der Waals surface area contributed by atoms with Gasteiger partial charge in [0, 0.05) is 19.0 Å². The quantitative estimate of drug-likeness (QED) is 0.639. The van der Waals surface area contributed by atoms with Gasteiger partial charge in [-0.15, -0.1) is 0 Å². The Hall–Kier alpha value is -3.42. The lowest BCUT2D eigenvalue weighted by Gasteiger charge is -2.38. The van der Waals surface area contributed by atoms with Gasteiger partial charge in [0.05, 0.1) is 33.1 Å². The number of hydrogen-bond acceptors (Lipinski definition) is 5. The number of carbonyl (C=O) groups is 2. The molecule has 0 saturated heterocycles. The van der Waals surface area contributed by atoms with Crippen LogP contribution < -0.4 is 24.8 Å². The Bertz CT molecular complexity index is 1040. The Morgan fingerprint density at radius 1 is 0.971 bits per heavy atom. The fraction of sp³-hybridized carbons (Fsp3) is 0.462. The van der Waals surface area contributed by atoms with Crippen molar-refractivity contribution in [3.05, 3.63) is 47.5 Å². The first kappa shape index (κ1) is 23.7. The Balaban J connectivity index is 1.61. The predicted molar refractivity (Wildman–Crippen MR) is 130 cm³/mol. The number of anilines is 1. The Kier molecular flexibility index (Phi) is 7.45. The number of benzene rings is 2. The molecule has 0 aromatic heterocycles. The minimum absolute atomic E-state index is 0.0596. The van der Waals surface area contributed by atoms with E-state index in [0.717, 1.165) is 36.8 Å². The Morgan fingerprint density at radius 3 is 2.35 bits per heavy atom. The van der Waals surface area contributed by atoms with E-state index in [9.17, 15) is 9.59 Å². The van der Waals surface area contributed by atoms with E-state index in [1.165, 1.54) is 0 Å². The average molecular weight is 468 g/mol. The zero-order chi connectivity index (χ0) is 24.1. The normalized spacial score (nSPS) is 17.6. The minimum Gasteiger partial charge on any atom is -0.495 e. The summed E-state index contributed by atoms with van der Waals surface area (Å²) in [5.74, 6) is 1.97. The molecule has 3 amide bonds. The van der Waals surface area contributed by atoms with Gasteiger partial charge in [-0.25, -0.2) is 4.79 Å². The summed E-state index contributed by atoms with van der Waals surface area (Å²) in [4.78, 5) is 28.0. The first-order chi connectivity index (χ1) is 16.5.